The van der Waals surface area contributed by atoms with Crippen LogP contribution in [0.2, 0.25) is 0 Å². The molecule has 0 N–H and O–H groups in total. The molecule has 0 bridgehead atoms. The molecule has 0 aromatic heterocycles. The Morgan fingerprint density at radius 3 is 2.60 bits per heavy atom. The summed E-state index contributed by atoms with van der Waals surface area (Å²) in [6.07, 6.45) is 13.5. The van der Waals surface area contributed by atoms with Gasteiger partial charge in [-0.1, -0.05) is 25.5 Å². The van der Waals surface area contributed by atoms with E-state index >= 15 is 0 Å². The van der Waals surface area contributed by atoms with Gasteiger partial charge in [-0.3, -0.25) is 9.59 Å². The van der Waals surface area contributed by atoms with E-state index in [0.717, 1.165) is 25.7 Å². The summed E-state index contributed by atoms with van der Waals surface area (Å²) >= 11 is 0. The second-order valence-electron chi connectivity index (χ2n) is 9.57. The molecule has 25 heavy (non-hydrogen) atoms. The van der Waals surface area contributed by atoms with Gasteiger partial charge in [0.1, 0.15) is 0 Å². The molecule has 1 saturated heterocycles. The minimum Gasteiger partial charge on any atom is -0.465 e. The Hall–Kier alpha value is -1.38. The predicted octanol–water partition coefficient (Wildman–Crippen LogP) is 4.23. The normalized spacial score (nSPS) is 51.0. The van der Waals surface area contributed by atoms with Crippen LogP contribution < -0.4 is 0 Å². The third kappa shape index (κ3) is 1.77. The Morgan fingerprint density at radius 2 is 1.84 bits per heavy atom. The molecule has 3 saturated carbocycles. The molecule has 3 nitrogen and oxygen atoms in total. The van der Waals surface area contributed by atoms with Gasteiger partial charge >= 0.3 is 5.97 Å². The van der Waals surface area contributed by atoms with Crippen molar-refractivity contribution in [2.24, 2.45) is 34.0 Å². The van der Waals surface area contributed by atoms with Crippen LogP contribution in [0, 0.1) is 34.0 Å². The number of ketones is 1. The molecule has 3 heteroatoms. The highest BCUT2D eigenvalue weighted by atomic mass is 16.5. The average molecular weight is 340 g/mol. The number of carbonyl (C=O) groups is 2. The highest BCUT2D eigenvalue weighted by Crippen LogP contribution is 2.71. The Kier molecular flexibility index (Phi) is 3.08. The van der Waals surface area contributed by atoms with E-state index in [4.69, 9.17) is 4.74 Å². The molecule has 6 unspecified atom stereocenters. The molecule has 0 radical (unpaired) electrons. The van der Waals surface area contributed by atoms with Crippen LogP contribution >= 0.6 is 0 Å². The topological polar surface area (TPSA) is 43.4 Å². The minimum absolute atomic E-state index is 0.0457. The Labute approximate surface area is 149 Å². The third-order valence-corrected chi connectivity index (χ3v) is 9.07. The number of fused-ring (bicyclic) bond motifs is 6. The Balaban J connectivity index is 1.52. The van der Waals surface area contributed by atoms with Crippen LogP contribution in [0.4, 0.5) is 0 Å². The maximum atomic E-state index is 12.7. The Bertz CT molecular complexity index is 719. The number of hydrogen-bond donors (Lipinski definition) is 0. The second kappa shape index (κ2) is 4.86. The van der Waals surface area contributed by atoms with Crippen molar-refractivity contribution < 1.29 is 14.3 Å². The van der Waals surface area contributed by atoms with E-state index < -0.39 is 0 Å². The predicted molar refractivity (Wildman–Crippen MR) is 94.6 cm³/mol. The molecule has 4 aliphatic carbocycles. The molecule has 1 spiro atoms. The van der Waals surface area contributed by atoms with Crippen molar-refractivity contribution in [2.75, 3.05) is 6.61 Å². The number of carbonyl (C=O) groups excluding carboxylic acids is 2. The first-order valence-electron chi connectivity index (χ1n) is 10.0. The van der Waals surface area contributed by atoms with Gasteiger partial charge in [0.15, 0.2) is 5.78 Å². The van der Waals surface area contributed by atoms with E-state index in [0.29, 0.717) is 24.4 Å². The lowest BCUT2D eigenvalue weighted by atomic mass is 9.46. The van der Waals surface area contributed by atoms with Crippen molar-refractivity contribution in [3.05, 3.63) is 23.8 Å². The molecule has 0 amide bonds. The first-order valence-corrected chi connectivity index (χ1v) is 10.0. The van der Waals surface area contributed by atoms with Crippen LogP contribution in [0.5, 0.6) is 0 Å². The van der Waals surface area contributed by atoms with Gasteiger partial charge in [0.05, 0.1) is 12.0 Å². The van der Waals surface area contributed by atoms with Gasteiger partial charge in [-0.15, -0.1) is 0 Å². The van der Waals surface area contributed by atoms with Gasteiger partial charge < -0.3 is 4.74 Å². The number of rotatable bonds is 0. The van der Waals surface area contributed by atoms with E-state index in [-0.39, 0.29) is 28.0 Å². The fourth-order valence-corrected chi connectivity index (χ4v) is 7.64. The molecule has 5 rings (SSSR count). The van der Waals surface area contributed by atoms with E-state index in [1.165, 1.54) is 24.8 Å². The smallest absolute Gasteiger partial charge is 0.312 e. The lowest BCUT2D eigenvalue weighted by Gasteiger charge is -2.58. The standard InChI is InChI=1S/C22H28O3/c1-20-8-5-15(23)13-14(20)3-4-16-17(20)6-9-21(2)18(16)7-10-22(21)11-12-25-19(22)24/h5,8,13,16-18H,3-4,6-7,9-12H2,1-2H3. The molecular weight excluding hydrogens is 312 g/mol. The summed E-state index contributed by atoms with van der Waals surface area (Å²) < 4.78 is 5.46. The molecule has 1 heterocycles. The first kappa shape index (κ1) is 15.8. The van der Waals surface area contributed by atoms with Crippen LogP contribution in [-0.2, 0) is 14.3 Å². The maximum Gasteiger partial charge on any atom is 0.312 e. The van der Waals surface area contributed by atoms with Crippen molar-refractivity contribution in [1.82, 2.24) is 0 Å². The molecule has 134 valence electrons. The molecular formula is C22H28O3. The monoisotopic (exact) mass is 340 g/mol. The van der Waals surface area contributed by atoms with Crippen molar-refractivity contribution in [3.63, 3.8) is 0 Å². The van der Waals surface area contributed by atoms with Crippen molar-refractivity contribution in [2.45, 2.75) is 58.8 Å². The lowest BCUT2D eigenvalue weighted by molar-refractivity contribution is -0.156. The van der Waals surface area contributed by atoms with E-state index in [1.807, 2.05) is 6.08 Å². The molecule has 6 atom stereocenters. The van der Waals surface area contributed by atoms with Crippen molar-refractivity contribution in [1.29, 1.82) is 0 Å². The quantitative estimate of drug-likeness (QED) is 0.620. The first-order chi connectivity index (χ1) is 11.9. The van der Waals surface area contributed by atoms with Gasteiger partial charge in [-0.2, -0.15) is 0 Å². The summed E-state index contributed by atoms with van der Waals surface area (Å²) in [6, 6.07) is 0. The van der Waals surface area contributed by atoms with E-state index in [2.05, 4.69) is 19.9 Å². The summed E-state index contributed by atoms with van der Waals surface area (Å²) in [5, 5.41) is 0. The maximum absolute atomic E-state index is 12.7. The number of hydrogen-bond acceptors (Lipinski definition) is 3. The summed E-state index contributed by atoms with van der Waals surface area (Å²) in [7, 11) is 0. The summed E-state index contributed by atoms with van der Waals surface area (Å²) in [5.41, 5.74) is 1.29. The number of esters is 1. The van der Waals surface area contributed by atoms with Gasteiger partial charge in [-0.25, -0.2) is 0 Å². The summed E-state index contributed by atoms with van der Waals surface area (Å²) in [4.78, 5) is 24.5. The van der Waals surface area contributed by atoms with E-state index in [9.17, 15) is 9.59 Å². The highest BCUT2D eigenvalue weighted by Gasteiger charge is 2.68. The van der Waals surface area contributed by atoms with Gasteiger partial charge in [-0.05, 0) is 80.3 Å². The zero-order valence-corrected chi connectivity index (χ0v) is 15.3. The fraction of sp³-hybridized carbons (Fsp3) is 0.727. The Morgan fingerprint density at radius 1 is 1.04 bits per heavy atom. The lowest BCUT2D eigenvalue weighted by Crippen LogP contribution is -2.53. The van der Waals surface area contributed by atoms with Crippen LogP contribution in [0.1, 0.15) is 58.8 Å². The molecule has 5 aliphatic rings. The third-order valence-electron chi connectivity index (χ3n) is 9.07. The summed E-state index contributed by atoms with van der Waals surface area (Å²) in [5.74, 6) is 2.15. The van der Waals surface area contributed by atoms with Crippen LogP contribution in [0.3, 0.4) is 0 Å². The van der Waals surface area contributed by atoms with E-state index in [1.54, 1.807) is 6.08 Å². The van der Waals surface area contributed by atoms with Crippen molar-refractivity contribution in [3.8, 4) is 0 Å². The fourth-order valence-electron chi connectivity index (χ4n) is 7.64. The highest BCUT2D eigenvalue weighted by molar-refractivity contribution is 6.01. The molecule has 1 aliphatic heterocycles. The zero-order chi connectivity index (χ0) is 17.4. The largest absolute Gasteiger partial charge is 0.465 e. The van der Waals surface area contributed by atoms with Gasteiger partial charge in [0, 0.05) is 5.41 Å². The second-order valence-corrected chi connectivity index (χ2v) is 9.57. The van der Waals surface area contributed by atoms with Gasteiger partial charge in [0.25, 0.3) is 0 Å². The van der Waals surface area contributed by atoms with Crippen LogP contribution in [-0.4, -0.2) is 18.4 Å². The zero-order valence-electron chi connectivity index (χ0n) is 15.3. The van der Waals surface area contributed by atoms with Gasteiger partial charge in [0.2, 0.25) is 0 Å². The molecule has 4 fully saturated rings. The van der Waals surface area contributed by atoms with Crippen LogP contribution in [0.15, 0.2) is 23.8 Å². The number of ether oxygens (including phenoxy) is 1. The SMILES string of the molecule is CC12C=CC(=O)C=C1CCC1C2CCC2(C)C1CCC21CCOC1=O. The minimum atomic E-state index is -0.210. The summed E-state index contributed by atoms with van der Waals surface area (Å²) in [6.45, 7) is 5.35. The van der Waals surface area contributed by atoms with Crippen molar-refractivity contribution >= 4 is 11.8 Å². The average Bonchev–Trinajstić information content (AvgIpc) is 3.10. The molecule has 0 aromatic rings. The van der Waals surface area contributed by atoms with Crippen LogP contribution in [0.25, 0.3) is 0 Å². The number of cyclic esters (lactones) is 1. The number of allylic oxidation sites excluding steroid dienone is 4. The molecule has 0 aromatic carbocycles.